The van der Waals surface area contributed by atoms with Crippen LogP contribution in [0.1, 0.15) is 61.3 Å². The van der Waals surface area contributed by atoms with Gasteiger partial charge in [-0.3, -0.25) is 0 Å². The molecule has 19 heavy (non-hydrogen) atoms. The minimum atomic E-state index is 0.183. The highest BCUT2D eigenvalue weighted by atomic mass is 16.5. The molecule has 1 aromatic rings. The Bertz CT molecular complexity index is 420. The van der Waals surface area contributed by atoms with Gasteiger partial charge in [0.2, 0.25) is 0 Å². The number of nitrogens with two attached hydrogens (primary N) is 1. The van der Waals surface area contributed by atoms with Crippen LogP contribution in [0.5, 0.6) is 5.75 Å². The van der Waals surface area contributed by atoms with Crippen LogP contribution in [-0.4, -0.2) is 7.11 Å². The highest BCUT2D eigenvalue weighted by Gasteiger charge is 2.22. The molecule has 2 heteroatoms. The third kappa shape index (κ3) is 3.30. The molecule has 1 unspecified atom stereocenters. The molecule has 2 N–H and O–H groups in total. The standard InChI is InChI=1S/C17H27NO/c1-12-11-16(19-3)13(2)10-15(12)17(18)14-8-6-4-5-7-9-14/h10-11,14,17H,4-9,18H2,1-3H3. The van der Waals surface area contributed by atoms with Gasteiger partial charge in [-0.1, -0.05) is 31.7 Å². The molecule has 0 aromatic heterocycles. The van der Waals surface area contributed by atoms with E-state index >= 15 is 0 Å². The van der Waals surface area contributed by atoms with Gasteiger partial charge in [-0.05, 0) is 55.4 Å². The van der Waals surface area contributed by atoms with Crippen molar-refractivity contribution in [2.45, 2.75) is 58.4 Å². The average molecular weight is 261 g/mol. The Morgan fingerprint density at radius 1 is 1.05 bits per heavy atom. The first-order valence-electron chi connectivity index (χ1n) is 7.54. The van der Waals surface area contributed by atoms with Gasteiger partial charge in [0.25, 0.3) is 0 Å². The lowest BCUT2D eigenvalue weighted by atomic mass is 9.85. The van der Waals surface area contributed by atoms with Crippen LogP contribution in [0.2, 0.25) is 0 Å². The lowest BCUT2D eigenvalue weighted by molar-refractivity contribution is 0.379. The Balaban J connectivity index is 2.22. The van der Waals surface area contributed by atoms with E-state index in [4.69, 9.17) is 10.5 Å². The molecule has 1 aliphatic rings. The summed E-state index contributed by atoms with van der Waals surface area (Å²) in [6, 6.07) is 4.54. The second kappa shape index (κ2) is 6.42. The zero-order valence-electron chi connectivity index (χ0n) is 12.5. The molecule has 0 bridgehead atoms. The summed E-state index contributed by atoms with van der Waals surface area (Å²) >= 11 is 0. The second-order valence-electron chi connectivity index (χ2n) is 5.96. The Kier molecular flexibility index (Phi) is 4.87. The van der Waals surface area contributed by atoms with E-state index in [0.29, 0.717) is 5.92 Å². The molecule has 1 saturated carbocycles. The lowest BCUT2D eigenvalue weighted by Gasteiger charge is -2.25. The number of rotatable bonds is 3. The van der Waals surface area contributed by atoms with Gasteiger partial charge in [-0.15, -0.1) is 0 Å². The number of ether oxygens (including phenoxy) is 1. The maximum Gasteiger partial charge on any atom is 0.122 e. The number of hydrogen-bond acceptors (Lipinski definition) is 2. The second-order valence-corrected chi connectivity index (χ2v) is 5.96. The number of hydrogen-bond donors (Lipinski definition) is 1. The molecular weight excluding hydrogens is 234 g/mol. The molecule has 2 nitrogen and oxygen atoms in total. The van der Waals surface area contributed by atoms with Crippen LogP contribution in [0.15, 0.2) is 12.1 Å². The zero-order chi connectivity index (χ0) is 13.8. The Morgan fingerprint density at radius 2 is 1.68 bits per heavy atom. The molecule has 1 aromatic carbocycles. The van der Waals surface area contributed by atoms with Gasteiger partial charge in [0.05, 0.1) is 7.11 Å². The van der Waals surface area contributed by atoms with Crippen LogP contribution in [0.25, 0.3) is 0 Å². The van der Waals surface area contributed by atoms with Gasteiger partial charge in [0.1, 0.15) is 5.75 Å². The molecule has 2 rings (SSSR count). The maximum absolute atomic E-state index is 6.56. The molecule has 0 saturated heterocycles. The van der Waals surface area contributed by atoms with E-state index < -0.39 is 0 Å². The molecular formula is C17H27NO. The molecule has 0 amide bonds. The van der Waals surface area contributed by atoms with Gasteiger partial charge < -0.3 is 10.5 Å². The monoisotopic (exact) mass is 261 g/mol. The summed E-state index contributed by atoms with van der Waals surface area (Å²) in [5.41, 5.74) is 10.3. The van der Waals surface area contributed by atoms with Gasteiger partial charge >= 0.3 is 0 Å². The predicted molar refractivity (Wildman–Crippen MR) is 80.6 cm³/mol. The van der Waals surface area contributed by atoms with Crippen molar-refractivity contribution < 1.29 is 4.74 Å². The summed E-state index contributed by atoms with van der Waals surface area (Å²) in [5, 5.41) is 0. The van der Waals surface area contributed by atoms with E-state index in [1.807, 2.05) is 0 Å². The Hall–Kier alpha value is -1.02. The molecule has 0 heterocycles. The molecule has 0 aliphatic heterocycles. The minimum absolute atomic E-state index is 0.183. The first kappa shape index (κ1) is 14.4. The van der Waals surface area contributed by atoms with Crippen LogP contribution in [0, 0.1) is 19.8 Å². The van der Waals surface area contributed by atoms with E-state index in [9.17, 15) is 0 Å². The lowest BCUT2D eigenvalue weighted by Crippen LogP contribution is -2.22. The Morgan fingerprint density at radius 3 is 2.26 bits per heavy atom. The average Bonchev–Trinajstić information content (AvgIpc) is 2.69. The summed E-state index contributed by atoms with van der Waals surface area (Å²) in [6.45, 7) is 4.25. The topological polar surface area (TPSA) is 35.2 Å². The van der Waals surface area contributed by atoms with Crippen LogP contribution in [-0.2, 0) is 0 Å². The predicted octanol–water partition coefficient (Wildman–Crippen LogP) is 4.28. The fourth-order valence-electron chi connectivity index (χ4n) is 3.32. The van der Waals surface area contributed by atoms with Crippen molar-refractivity contribution in [1.82, 2.24) is 0 Å². The highest BCUT2D eigenvalue weighted by molar-refractivity contribution is 5.43. The van der Waals surface area contributed by atoms with E-state index in [1.165, 1.54) is 55.2 Å². The molecule has 1 aliphatic carbocycles. The summed E-state index contributed by atoms with van der Waals surface area (Å²) in [5.74, 6) is 1.61. The van der Waals surface area contributed by atoms with E-state index in [1.54, 1.807) is 7.11 Å². The summed E-state index contributed by atoms with van der Waals surface area (Å²) in [6.07, 6.45) is 8.00. The molecule has 0 spiro atoms. The third-order valence-corrected chi connectivity index (χ3v) is 4.55. The van der Waals surface area contributed by atoms with Crippen molar-refractivity contribution in [2.24, 2.45) is 11.7 Å². The zero-order valence-corrected chi connectivity index (χ0v) is 12.5. The van der Waals surface area contributed by atoms with Gasteiger partial charge in [-0.2, -0.15) is 0 Å². The van der Waals surface area contributed by atoms with E-state index in [-0.39, 0.29) is 6.04 Å². The van der Waals surface area contributed by atoms with Crippen LogP contribution in [0.4, 0.5) is 0 Å². The largest absolute Gasteiger partial charge is 0.496 e. The van der Waals surface area contributed by atoms with Crippen LogP contribution < -0.4 is 10.5 Å². The van der Waals surface area contributed by atoms with Gasteiger partial charge in [0, 0.05) is 6.04 Å². The number of methoxy groups -OCH3 is 1. The van der Waals surface area contributed by atoms with E-state index in [2.05, 4.69) is 26.0 Å². The summed E-state index contributed by atoms with van der Waals surface area (Å²) in [7, 11) is 1.73. The van der Waals surface area contributed by atoms with Crippen LogP contribution in [0.3, 0.4) is 0 Å². The quantitative estimate of drug-likeness (QED) is 0.824. The van der Waals surface area contributed by atoms with Gasteiger partial charge in [0.15, 0.2) is 0 Å². The fraction of sp³-hybridized carbons (Fsp3) is 0.647. The SMILES string of the molecule is COc1cc(C)c(C(N)C2CCCCCC2)cc1C. The van der Waals surface area contributed by atoms with Crippen molar-refractivity contribution in [3.05, 3.63) is 28.8 Å². The Labute approximate surface area is 117 Å². The van der Waals surface area contributed by atoms with Gasteiger partial charge in [-0.25, -0.2) is 0 Å². The first-order valence-corrected chi connectivity index (χ1v) is 7.54. The molecule has 1 fully saturated rings. The van der Waals surface area contributed by atoms with Crippen molar-refractivity contribution in [2.75, 3.05) is 7.11 Å². The fourth-order valence-corrected chi connectivity index (χ4v) is 3.32. The van der Waals surface area contributed by atoms with Crippen molar-refractivity contribution in [3.8, 4) is 5.75 Å². The highest BCUT2D eigenvalue weighted by Crippen LogP contribution is 2.35. The van der Waals surface area contributed by atoms with Crippen molar-refractivity contribution in [3.63, 3.8) is 0 Å². The van der Waals surface area contributed by atoms with Crippen LogP contribution >= 0.6 is 0 Å². The normalized spacial score (nSPS) is 18.9. The number of aryl methyl sites for hydroxylation is 2. The smallest absolute Gasteiger partial charge is 0.122 e. The maximum atomic E-state index is 6.56. The molecule has 1 atom stereocenters. The molecule has 106 valence electrons. The van der Waals surface area contributed by atoms with Crippen molar-refractivity contribution in [1.29, 1.82) is 0 Å². The van der Waals surface area contributed by atoms with Crippen molar-refractivity contribution >= 4 is 0 Å². The first-order chi connectivity index (χ1) is 9.13. The third-order valence-electron chi connectivity index (χ3n) is 4.55. The summed E-state index contributed by atoms with van der Waals surface area (Å²) < 4.78 is 5.39. The number of benzene rings is 1. The molecule has 0 radical (unpaired) electrons. The van der Waals surface area contributed by atoms with E-state index in [0.717, 1.165) is 5.75 Å². The minimum Gasteiger partial charge on any atom is -0.496 e. The summed E-state index contributed by atoms with van der Waals surface area (Å²) in [4.78, 5) is 0.